The molecule has 0 saturated carbocycles. The molecule has 4 rings (SSSR count). The first-order valence-corrected chi connectivity index (χ1v) is 8.92. The molecule has 1 aromatic rings. The second-order valence-electron chi connectivity index (χ2n) is 5.64. The first-order valence-electron chi connectivity index (χ1n) is 8.92. The SMILES string of the molecule is C1=NCCN1.C1=NCCN1.C1=NCCN1.O=C(O)c1ccc(C(=O)O)c(C(=O)O)c1. The molecule has 0 atom stereocenters. The molecule has 0 aromatic heterocycles. The van der Waals surface area contributed by atoms with Gasteiger partial charge in [0.1, 0.15) is 0 Å². The van der Waals surface area contributed by atoms with E-state index in [0.29, 0.717) is 0 Å². The predicted molar refractivity (Wildman–Crippen MR) is 111 cm³/mol. The van der Waals surface area contributed by atoms with Crippen LogP contribution in [0.1, 0.15) is 31.1 Å². The maximum absolute atomic E-state index is 10.6. The highest BCUT2D eigenvalue weighted by Crippen LogP contribution is 2.12. The number of aromatic carboxylic acids is 3. The summed E-state index contributed by atoms with van der Waals surface area (Å²) in [5.74, 6) is -4.20. The molecule has 0 unspecified atom stereocenters. The second-order valence-corrected chi connectivity index (χ2v) is 5.64. The van der Waals surface area contributed by atoms with Crippen molar-refractivity contribution in [2.75, 3.05) is 39.3 Å². The predicted octanol–water partition coefficient (Wildman–Crippen LogP) is -0.365. The Morgan fingerprint density at radius 2 is 1.10 bits per heavy atom. The molecule has 6 N–H and O–H groups in total. The fraction of sp³-hybridized carbons (Fsp3) is 0.333. The number of carboxylic acids is 3. The van der Waals surface area contributed by atoms with E-state index in [0.717, 1.165) is 57.5 Å². The molecular formula is C18H24N6O6. The van der Waals surface area contributed by atoms with Crippen LogP contribution in [0.4, 0.5) is 0 Å². The van der Waals surface area contributed by atoms with Crippen molar-refractivity contribution in [1.82, 2.24) is 16.0 Å². The van der Waals surface area contributed by atoms with Crippen molar-refractivity contribution >= 4 is 36.9 Å². The van der Waals surface area contributed by atoms with Gasteiger partial charge in [0.2, 0.25) is 0 Å². The zero-order chi connectivity index (χ0) is 22.2. The van der Waals surface area contributed by atoms with Gasteiger partial charge in [-0.25, -0.2) is 14.4 Å². The smallest absolute Gasteiger partial charge is 0.336 e. The molecule has 0 aliphatic carbocycles. The van der Waals surface area contributed by atoms with Crippen molar-refractivity contribution in [3.05, 3.63) is 34.9 Å². The molecule has 1 aromatic carbocycles. The van der Waals surface area contributed by atoms with E-state index in [1.165, 1.54) is 0 Å². The van der Waals surface area contributed by atoms with Crippen molar-refractivity contribution in [3.63, 3.8) is 0 Å². The Morgan fingerprint density at radius 1 is 0.667 bits per heavy atom. The zero-order valence-electron chi connectivity index (χ0n) is 16.1. The van der Waals surface area contributed by atoms with E-state index < -0.39 is 29.0 Å². The van der Waals surface area contributed by atoms with Crippen LogP contribution in [0.2, 0.25) is 0 Å². The number of nitrogens with zero attached hydrogens (tertiary/aromatic N) is 3. The number of benzene rings is 1. The van der Waals surface area contributed by atoms with Crippen molar-refractivity contribution in [2.24, 2.45) is 15.0 Å². The fourth-order valence-corrected chi connectivity index (χ4v) is 2.01. The van der Waals surface area contributed by atoms with Crippen molar-refractivity contribution in [2.45, 2.75) is 0 Å². The lowest BCUT2D eigenvalue weighted by molar-refractivity contribution is 0.0649. The van der Waals surface area contributed by atoms with Gasteiger partial charge in [-0.05, 0) is 18.2 Å². The number of aliphatic imine (C=N–C) groups is 3. The maximum atomic E-state index is 10.6. The van der Waals surface area contributed by atoms with Gasteiger partial charge in [-0.1, -0.05) is 0 Å². The number of rotatable bonds is 3. The summed E-state index contributed by atoms with van der Waals surface area (Å²) < 4.78 is 0. The largest absolute Gasteiger partial charge is 0.478 e. The number of hydrogen-bond acceptors (Lipinski definition) is 9. The van der Waals surface area contributed by atoms with E-state index in [9.17, 15) is 14.4 Å². The lowest BCUT2D eigenvalue weighted by atomic mass is 10.0. The van der Waals surface area contributed by atoms with Gasteiger partial charge in [0.15, 0.2) is 0 Å². The molecule has 30 heavy (non-hydrogen) atoms. The Morgan fingerprint density at radius 3 is 1.33 bits per heavy atom. The molecule has 0 amide bonds. The summed E-state index contributed by atoms with van der Waals surface area (Å²) >= 11 is 0. The van der Waals surface area contributed by atoms with E-state index in [1.54, 1.807) is 19.0 Å². The molecule has 12 heteroatoms. The minimum atomic E-state index is -1.48. The quantitative estimate of drug-likeness (QED) is 0.380. The molecular weight excluding hydrogens is 396 g/mol. The van der Waals surface area contributed by atoms with Crippen LogP contribution in [0.25, 0.3) is 0 Å². The monoisotopic (exact) mass is 420 g/mol. The van der Waals surface area contributed by atoms with Crippen molar-refractivity contribution in [1.29, 1.82) is 0 Å². The van der Waals surface area contributed by atoms with Gasteiger partial charge in [-0.3, -0.25) is 15.0 Å². The van der Waals surface area contributed by atoms with Gasteiger partial charge in [0.05, 0.1) is 55.3 Å². The number of nitrogens with one attached hydrogen (secondary N) is 3. The average molecular weight is 420 g/mol. The lowest BCUT2D eigenvalue weighted by Gasteiger charge is -2.02. The molecule has 3 aliphatic heterocycles. The van der Waals surface area contributed by atoms with Gasteiger partial charge < -0.3 is 31.3 Å². The molecule has 3 heterocycles. The third-order valence-electron chi connectivity index (χ3n) is 3.43. The van der Waals surface area contributed by atoms with Crippen LogP contribution in [0.15, 0.2) is 33.2 Å². The summed E-state index contributed by atoms with van der Waals surface area (Å²) in [6, 6.07) is 2.81. The Balaban J connectivity index is 0.000000240. The minimum Gasteiger partial charge on any atom is -0.478 e. The van der Waals surface area contributed by atoms with Crippen LogP contribution < -0.4 is 16.0 Å². The maximum Gasteiger partial charge on any atom is 0.336 e. The van der Waals surface area contributed by atoms with E-state index >= 15 is 0 Å². The third-order valence-corrected chi connectivity index (χ3v) is 3.43. The fourth-order valence-electron chi connectivity index (χ4n) is 2.01. The summed E-state index contributed by atoms with van der Waals surface area (Å²) in [4.78, 5) is 43.3. The Kier molecular flexibility index (Phi) is 11.3. The van der Waals surface area contributed by atoms with Gasteiger partial charge >= 0.3 is 17.9 Å². The van der Waals surface area contributed by atoms with Crippen LogP contribution in [-0.4, -0.2) is 91.5 Å². The highest BCUT2D eigenvalue weighted by molar-refractivity contribution is 6.03. The van der Waals surface area contributed by atoms with Gasteiger partial charge in [-0.15, -0.1) is 0 Å². The van der Waals surface area contributed by atoms with Crippen LogP contribution >= 0.6 is 0 Å². The van der Waals surface area contributed by atoms with Crippen LogP contribution in [0, 0.1) is 0 Å². The molecule has 0 saturated heterocycles. The summed E-state index contributed by atoms with van der Waals surface area (Å²) in [5.41, 5.74) is -1.24. The van der Waals surface area contributed by atoms with Crippen LogP contribution in [0.3, 0.4) is 0 Å². The third kappa shape index (κ3) is 9.82. The van der Waals surface area contributed by atoms with Gasteiger partial charge in [-0.2, -0.15) is 0 Å². The molecule has 3 aliphatic rings. The number of hydrogen-bond donors (Lipinski definition) is 6. The van der Waals surface area contributed by atoms with E-state index in [2.05, 4.69) is 30.9 Å². The standard InChI is InChI=1S/C9H6O6.3C3H6N2/c10-7(11)4-1-2-5(8(12)13)6(3-4)9(14)15;3*1-2-5-3-4-1/h1-3H,(H,10,11)(H,12,13)(H,14,15);3*3H,1-2H2,(H,4,5). The molecule has 0 radical (unpaired) electrons. The normalized spacial score (nSPS) is 14.4. The summed E-state index contributed by atoms with van der Waals surface area (Å²) in [6.45, 7) is 5.96. The molecule has 0 spiro atoms. The Hall–Kier alpha value is -3.96. The van der Waals surface area contributed by atoms with Gasteiger partial charge in [0.25, 0.3) is 0 Å². The zero-order valence-corrected chi connectivity index (χ0v) is 16.1. The Labute approximate surface area is 172 Å². The first kappa shape index (κ1) is 24.1. The molecule has 162 valence electrons. The minimum absolute atomic E-state index is 0.266. The van der Waals surface area contributed by atoms with Gasteiger partial charge in [0, 0.05) is 19.6 Å². The van der Waals surface area contributed by atoms with Crippen LogP contribution in [-0.2, 0) is 0 Å². The Bertz CT molecular complexity index is 752. The number of carboxylic acid groups (broad SMARTS) is 3. The van der Waals surface area contributed by atoms with E-state index in [-0.39, 0.29) is 5.56 Å². The second kappa shape index (κ2) is 14.1. The first-order chi connectivity index (χ1) is 14.4. The molecule has 0 fully saturated rings. The van der Waals surface area contributed by atoms with Crippen LogP contribution in [0.5, 0.6) is 0 Å². The molecule has 0 bridgehead atoms. The summed E-state index contributed by atoms with van der Waals surface area (Å²) in [6.07, 6.45) is 5.21. The topological polar surface area (TPSA) is 185 Å². The number of carbonyl (C=O) groups is 3. The summed E-state index contributed by atoms with van der Waals surface area (Å²) in [7, 11) is 0. The summed E-state index contributed by atoms with van der Waals surface area (Å²) in [5, 5.41) is 34.7. The molecule has 12 nitrogen and oxygen atoms in total. The van der Waals surface area contributed by atoms with Crippen molar-refractivity contribution < 1.29 is 29.7 Å². The highest BCUT2D eigenvalue weighted by Gasteiger charge is 2.17. The highest BCUT2D eigenvalue weighted by atomic mass is 16.4. The average Bonchev–Trinajstić information content (AvgIpc) is 3.53. The van der Waals surface area contributed by atoms with E-state index in [4.69, 9.17) is 15.3 Å². The van der Waals surface area contributed by atoms with Crippen molar-refractivity contribution in [3.8, 4) is 0 Å². The van der Waals surface area contributed by atoms with E-state index in [1.807, 2.05) is 0 Å². The lowest BCUT2D eigenvalue weighted by Crippen LogP contribution is -2.10.